The summed E-state index contributed by atoms with van der Waals surface area (Å²) >= 11 is 0. The van der Waals surface area contributed by atoms with Crippen LogP contribution in [0.15, 0.2) is 12.2 Å². The van der Waals surface area contributed by atoms with E-state index in [0.717, 1.165) is 57.8 Å². The predicted octanol–water partition coefficient (Wildman–Crippen LogP) is 19.6. The van der Waals surface area contributed by atoms with Gasteiger partial charge in [-0.25, -0.2) is 0 Å². The fourth-order valence-corrected chi connectivity index (χ4v) is 9.99. The minimum Gasteiger partial charge on any atom is -0.466 e. The molecule has 0 saturated carbocycles. The summed E-state index contributed by atoms with van der Waals surface area (Å²) in [7, 11) is 0. The second-order valence-electron chi connectivity index (χ2n) is 21.8. The van der Waals surface area contributed by atoms with Crippen LogP contribution in [0.3, 0.4) is 0 Å². The first-order chi connectivity index (χ1) is 34.0. The number of rotatable bonds is 59. The molecule has 0 aromatic heterocycles. The molecule has 2 atom stereocenters. The number of unbranched alkanes of at least 4 members (excludes halogenated alkanes) is 48. The van der Waals surface area contributed by atoms with Gasteiger partial charge in [0.15, 0.2) is 0 Å². The van der Waals surface area contributed by atoms with Crippen molar-refractivity contribution in [3.05, 3.63) is 12.2 Å². The minimum absolute atomic E-state index is 0.00160. The largest absolute Gasteiger partial charge is 0.466 e. The SMILES string of the molecule is CCCCCCCCCCCCCCCCCCCCC/C=C/C(O)C(CO)NC(=O)CCCCCCCCCCCCCCCCOC(=O)CCCCCCCCCCCCCCCCCCC. The molecule has 0 aromatic carbocycles. The molecular formula is C63H123NO5. The van der Waals surface area contributed by atoms with E-state index >= 15 is 0 Å². The number of ether oxygens (including phenoxy) is 1. The maximum absolute atomic E-state index is 12.5. The highest BCUT2D eigenvalue weighted by atomic mass is 16.5. The Hall–Kier alpha value is -1.40. The van der Waals surface area contributed by atoms with Gasteiger partial charge in [0, 0.05) is 12.8 Å². The Morgan fingerprint density at radius 1 is 0.391 bits per heavy atom. The summed E-state index contributed by atoms with van der Waals surface area (Å²) in [6, 6.07) is -0.636. The van der Waals surface area contributed by atoms with Gasteiger partial charge in [-0.15, -0.1) is 0 Å². The van der Waals surface area contributed by atoms with Gasteiger partial charge in [-0.3, -0.25) is 9.59 Å². The monoisotopic (exact) mass is 974 g/mol. The molecule has 0 aliphatic rings. The summed E-state index contributed by atoms with van der Waals surface area (Å²) < 4.78 is 5.49. The zero-order valence-corrected chi connectivity index (χ0v) is 46.8. The van der Waals surface area contributed by atoms with Crippen LogP contribution in [0.1, 0.15) is 354 Å². The molecule has 0 rings (SSSR count). The smallest absolute Gasteiger partial charge is 0.305 e. The van der Waals surface area contributed by atoms with Gasteiger partial charge in [-0.2, -0.15) is 0 Å². The van der Waals surface area contributed by atoms with Crippen LogP contribution in [-0.2, 0) is 14.3 Å². The number of carbonyl (C=O) groups is 2. The standard InChI is InChI=1S/C63H123NO5/c1-3-5-7-9-11-13-15-17-19-21-22-23-24-26-27-31-35-39-43-47-51-55-61(66)60(59-65)64-62(67)56-52-48-44-40-36-32-29-30-34-38-42-46-50-54-58-69-63(68)57-53-49-45-41-37-33-28-25-20-18-16-14-12-10-8-6-4-2/h51,55,60-61,65-66H,3-50,52-54,56-59H2,1-2H3,(H,64,67)/b55-51+. The first kappa shape index (κ1) is 67.6. The summed E-state index contributed by atoms with van der Waals surface area (Å²) in [4.78, 5) is 24.6. The Kier molecular flexibility index (Phi) is 58.0. The first-order valence-corrected chi connectivity index (χ1v) is 31.5. The molecule has 0 fully saturated rings. The number of aliphatic hydroxyl groups excluding tert-OH is 2. The molecule has 0 aliphatic carbocycles. The molecular weight excluding hydrogens is 851 g/mol. The molecule has 0 aromatic rings. The zero-order valence-electron chi connectivity index (χ0n) is 46.8. The number of carbonyl (C=O) groups excluding carboxylic acids is 2. The third-order valence-corrected chi connectivity index (χ3v) is 14.8. The molecule has 0 bridgehead atoms. The zero-order chi connectivity index (χ0) is 50.0. The van der Waals surface area contributed by atoms with E-state index in [0.29, 0.717) is 19.4 Å². The van der Waals surface area contributed by atoms with Crippen molar-refractivity contribution < 1.29 is 24.5 Å². The Morgan fingerprint density at radius 2 is 0.667 bits per heavy atom. The van der Waals surface area contributed by atoms with Crippen molar-refractivity contribution in [1.82, 2.24) is 5.32 Å². The number of hydrogen-bond acceptors (Lipinski definition) is 5. The third kappa shape index (κ3) is 55.8. The highest BCUT2D eigenvalue weighted by molar-refractivity contribution is 5.76. The van der Waals surface area contributed by atoms with Crippen molar-refractivity contribution in [2.75, 3.05) is 13.2 Å². The quantitative estimate of drug-likeness (QED) is 0.0321. The number of amides is 1. The molecule has 6 heteroatoms. The van der Waals surface area contributed by atoms with Gasteiger partial charge in [0.25, 0.3) is 0 Å². The van der Waals surface area contributed by atoms with Gasteiger partial charge in [0.05, 0.1) is 25.4 Å². The average Bonchev–Trinajstić information content (AvgIpc) is 3.35. The molecule has 0 heterocycles. The van der Waals surface area contributed by atoms with Crippen LogP contribution in [0.2, 0.25) is 0 Å². The van der Waals surface area contributed by atoms with Gasteiger partial charge in [0.1, 0.15) is 0 Å². The van der Waals surface area contributed by atoms with E-state index in [2.05, 4.69) is 19.2 Å². The molecule has 6 nitrogen and oxygen atoms in total. The van der Waals surface area contributed by atoms with Crippen LogP contribution >= 0.6 is 0 Å². The molecule has 0 saturated heterocycles. The maximum Gasteiger partial charge on any atom is 0.305 e. The number of aliphatic hydroxyl groups is 2. The van der Waals surface area contributed by atoms with Crippen molar-refractivity contribution in [1.29, 1.82) is 0 Å². The van der Waals surface area contributed by atoms with Gasteiger partial charge < -0.3 is 20.3 Å². The fraction of sp³-hybridized carbons (Fsp3) is 0.937. The lowest BCUT2D eigenvalue weighted by molar-refractivity contribution is -0.143. The van der Waals surface area contributed by atoms with Crippen LogP contribution in [0.25, 0.3) is 0 Å². The molecule has 410 valence electrons. The molecule has 0 radical (unpaired) electrons. The average molecular weight is 975 g/mol. The van der Waals surface area contributed by atoms with E-state index in [-0.39, 0.29) is 18.5 Å². The lowest BCUT2D eigenvalue weighted by Gasteiger charge is -2.20. The second-order valence-corrected chi connectivity index (χ2v) is 21.8. The minimum atomic E-state index is -0.852. The Morgan fingerprint density at radius 3 is 0.986 bits per heavy atom. The Balaban J connectivity index is 3.44. The van der Waals surface area contributed by atoms with Crippen molar-refractivity contribution in [2.24, 2.45) is 0 Å². The number of nitrogens with one attached hydrogen (secondary N) is 1. The van der Waals surface area contributed by atoms with E-state index in [1.807, 2.05) is 6.08 Å². The lowest BCUT2D eigenvalue weighted by atomic mass is 10.0. The molecule has 0 aliphatic heterocycles. The van der Waals surface area contributed by atoms with Gasteiger partial charge in [-0.05, 0) is 32.1 Å². The highest BCUT2D eigenvalue weighted by Crippen LogP contribution is 2.18. The fourth-order valence-electron chi connectivity index (χ4n) is 9.99. The third-order valence-electron chi connectivity index (χ3n) is 14.8. The van der Waals surface area contributed by atoms with Gasteiger partial charge in [0.2, 0.25) is 5.91 Å². The summed E-state index contributed by atoms with van der Waals surface area (Å²) in [6.07, 6.45) is 71.0. The Bertz CT molecular complexity index is 1030. The Labute approximate surface area is 431 Å². The van der Waals surface area contributed by atoms with Gasteiger partial charge >= 0.3 is 5.97 Å². The molecule has 3 N–H and O–H groups in total. The van der Waals surface area contributed by atoms with E-state index in [1.54, 1.807) is 6.08 Å². The van der Waals surface area contributed by atoms with Crippen molar-refractivity contribution in [3.8, 4) is 0 Å². The van der Waals surface area contributed by atoms with Crippen molar-refractivity contribution >= 4 is 11.9 Å². The molecule has 1 amide bonds. The molecule has 69 heavy (non-hydrogen) atoms. The molecule has 0 spiro atoms. The predicted molar refractivity (Wildman–Crippen MR) is 301 cm³/mol. The number of allylic oxidation sites excluding steroid dienone is 1. The topological polar surface area (TPSA) is 95.9 Å². The van der Waals surface area contributed by atoms with Crippen molar-refractivity contribution in [2.45, 2.75) is 366 Å². The summed E-state index contributed by atoms with van der Waals surface area (Å²) in [6.45, 7) is 4.92. The van der Waals surface area contributed by atoms with Crippen LogP contribution in [0.4, 0.5) is 0 Å². The van der Waals surface area contributed by atoms with Crippen LogP contribution < -0.4 is 5.32 Å². The van der Waals surface area contributed by atoms with Crippen LogP contribution in [0.5, 0.6) is 0 Å². The van der Waals surface area contributed by atoms with Crippen LogP contribution in [-0.4, -0.2) is 47.4 Å². The summed E-state index contributed by atoms with van der Waals surface area (Å²) in [5.74, 6) is -0.0727. The first-order valence-electron chi connectivity index (χ1n) is 31.5. The molecule has 2 unspecified atom stereocenters. The second kappa shape index (κ2) is 59.2. The van der Waals surface area contributed by atoms with Crippen LogP contribution in [0, 0.1) is 0 Å². The lowest BCUT2D eigenvalue weighted by Crippen LogP contribution is -2.45. The number of hydrogen-bond donors (Lipinski definition) is 3. The highest BCUT2D eigenvalue weighted by Gasteiger charge is 2.18. The summed E-state index contributed by atoms with van der Waals surface area (Å²) in [5.41, 5.74) is 0. The summed E-state index contributed by atoms with van der Waals surface area (Å²) in [5, 5.41) is 23.2. The van der Waals surface area contributed by atoms with Crippen molar-refractivity contribution in [3.63, 3.8) is 0 Å². The number of esters is 1. The van der Waals surface area contributed by atoms with E-state index in [1.165, 1.54) is 270 Å². The maximum atomic E-state index is 12.5. The van der Waals surface area contributed by atoms with E-state index < -0.39 is 12.1 Å². The van der Waals surface area contributed by atoms with Gasteiger partial charge in [-0.1, -0.05) is 321 Å². The van der Waals surface area contributed by atoms with E-state index in [4.69, 9.17) is 4.74 Å². The normalized spacial score (nSPS) is 12.6. The van der Waals surface area contributed by atoms with E-state index in [9.17, 15) is 19.8 Å².